The molecule has 0 saturated carbocycles. The van der Waals surface area contributed by atoms with E-state index in [9.17, 15) is 18.0 Å². The number of ketones is 1. The van der Waals surface area contributed by atoms with Crippen molar-refractivity contribution < 1.29 is 18.0 Å². The third kappa shape index (κ3) is 5.81. The molecular formula is C16H20BrF3O. The summed E-state index contributed by atoms with van der Waals surface area (Å²) in [5.41, 5.74) is -1.07. The van der Waals surface area contributed by atoms with Gasteiger partial charge in [0.15, 0.2) is 5.78 Å². The molecule has 0 aliphatic heterocycles. The second-order valence-electron chi connectivity index (χ2n) is 6.68. The molecule has 1 aromatic rings. The van der Waals surface area contributed by atoms with E-state index in [0.717, 1.165) is 12.5 Å². The Kier molecular flexibility index (Phi) is 5.64. The maximum atomic E-state index is 13.0. The molecular weight excluding hydrogens is 345 g/mol. The molecule has 1 atom stereocenters. The zero-order chi connectivity index (χ0) is 16.4. The van der Waals surface area contributed by atoms with Gasteiger partial charge in [-0.05, 0) is 36.0 Å². The van der Waals surface area contributed by atoms with E-state index in [0.29, 0.717) is 4.47 Å². The van der Waals surface area contributed by atoms with Crippen LogP contribution in [0.4, 0.5) is 13.2 Å². The van der Waals surface area contributed by atoms with E-state index < -0.39 is 17.5 Å². The highest BCUT2D eigenvalue weighted by Gasteiger charge is 2.35. The van der Waals surface area contributed by atoms with Gasteiger partial charge in [-0.2, -0.15) is 13.2 Å². The lowest BCUT2D eigenvalue weighted by Crippen LogP contribution is -2.17. The van der Waals surface area contributed by atoms with E-state index in [1.165, 1.54) is 12.1 Å². The normalized spacial score (nSPS) is 14.1. The standard InChI is InChI=1S/C16H20BrF3O/c1-10(9-15(2,3)4)7-14(21)12-6-5-11(17)8-13(12)16(18,19)20/h5-6,8,10H,7,9H2,1-4H3. The van der Waals surface area contributed by atoms with E-state index in [1.807, 2.05) is 6.92 Å². The number of carbonyl (C=O) groups excluding carboxylic acids is 1. The van der Waals surface area contributed by atoms with Crippen LogP contribution in [-0.4, -0.2) is 5.78 Å². The second kappa shape index (κ2) is 6.51. The Morgan fingerprint density at radius 2 is 1.81 bits per heavy atom. The van der Waals surface area contributed by atoms with Gasteiger partial charge in [-0.3, -0.25) is 4.79 Å². The summed E-state index contributed by atoms with van der Waals surface area (Å²) in [7, 11) is 0. The molecule has 0 bridgehead atoms. The highest BCUT2D eigenvalue weighted by molar-refractivity contribution is 9.10. The molecule has 1 rings (SSSR count). The van der Waals surface area contributed by atoms with Crippen LogP contribution in [-0.2, 0) is 6.18 Å². The van der Waals surface area contributed by atoms with Gasteiger partial charge in [-0.25, -0.2) is 0 Å². The molecule has 1 unspecified atom stereocenters. The highest BCUT2D eigenvalue weighted by atomic mass is 79.9. The summed E-state index contributed by atoms with van der Waals surface area (Å²) in [4.78, 5) is 12.2. The van der Waals surface area contributed by atoms with E-state index in [-0.39, 0.29) is 23.3 Å². The molecule has 0 fully saturated rings. The first kappa shape index (κ1) is 18.2. The molecule has 0 heterocycles. The van der Waals surface area contributed by atoms with Gasteiger partial charge in [0, 0.05) is 16.5 Å². The van der Waals surface area contributed by atoms with Crippen molar-refractivity contribution >= 4 is 21.7 Å². The number of hydrogen-bond acceptors (Lipinski definition) is 1. The van der Waals surface area contributed by atoms with Crippen LogP contribution < -0.4 is 0 Å². The third-order valence-electron chi connectivity index (χ3n) is 3.08. The SMILES string of the molecule is CC(CC(=O)c1ccc(Br)cc1C(F)(F)F)CC(C)(C)C. The van der Waals surface area contributed by atoms with Crippen LogP contribution in [0, 0.1) is 11.3 Å². The van der Waals surface area contributed by atoms with Crippen molar-refractivity contribution in [3.63, 3.8) is 0 Å². The minimum Gasteiger partial charge on any atom is -0.294 e. The highest BCUT2D eigenvalue weighted by Crippen LogP contribution is 2.35. The Bertz CT molecular complexity index is 515. The second-order valence-corrected chi connectivity index (χ2v) is 7.60. The van der Waals surface area contributed by atoms with Crippen molar-refractivity contribution in [2.75, 3.05) is 0 Å². The van der Waals surface area contributed by atoms with Gasteiger partial charge in [-0.15, -0.1) is 0 Å². The van der Waals surface area contributed by atoms with Crippen LogP contribution in [0.2, 0.25) is 0 Å². The fourth-order valence-corrected chi connectivity index (χ4v) is 2.90. The summed E-state index contributed by atoms with van der Waals surface area (Å²) >= 11 is 3.02. The number of rotatable bonds is 4. The quantitative estimate of drug-likeness (QED) is 0.588. The molecule has 1 aromatic carbocycles. The van der Waals surface area contributed by atoms with Crippen LogP contribution in [0.3, 0.4) is 0 Å². The van der Waals surface area contributed by atoms with E-state index in [2.05, 4.69) is 36.7 Å². The zero-order valence-corrected chi connectivity index (χ0v) is 14.2. The minimum atomic E-state index is -4.53. The Hall–Kier alpha value is -0.840. The summed E-state index contributed by atoms with van der Waals surface area (Å²) in [6.45, 7) is 8.05. The van der Waals surface area contributed by atoms with Gasteiger partial charge in [0.2, 0.25) is 0 Å². The number of Topliss-reactive ketones (excluding diaryl/α,β-unsaturated/α-hetero) is 1. The fourth-order valence-electron chi connectivity index (χ4n) is 2.54. The van der Waals surface area contributed by atoms with Crippen LogP contribution >= 0.6 is 15.9 Å². The molecule has 1 nitrogen and oxygen atoms in total. The van der Waals surface area contributed by atoms with Crippen molar-refractivity contribution in [3.05, 3.63) is 33.8 Å². The van der Waals surface area contributed by atoms with Crippen molar-refractivity contribution in [3.8, 4) is 0 Å². The van der Waals surface area contributed by atoms with E-state index in [1.54, 1.807) is 0 Å². The summed E-state index contributed by atoms with van der Waals surface area (Å²) in [6.07, 6.45) is -3.61. The van der Waals surface area contributed by atoms with Gasteiger partial charge in [-0.1, -0.05) is 43.6 Å². The molecule has 0 amide bonds. The van der Waals surface area contributed by atoms with Crippen LogP contribution in [0.1, 0.15) is 56.5 Å². The van der Waals surface area contributed by atoms with E-state index in [4.69, 9.17) is 0 Å². The van der Waals surface area contributed by atoms with Gasteiger partial charge in [0.05, 0.1) is 5.56 Å². The van der Waals surface area contributed by atoms with Gasteiger partial charge < -0.3 is 0 Å². The minimum absolute atomic E-state index is 0.0437. The fraction of sp³-hybridized carbons (Fsp3) is 0.562. The third-order valence-corrected chi connectivity index (χ3v) is 3.58. The van der Waals surface area contributed by atoms with E-state index >= 15 is 0 Å². The summed E-state index contributed by atoms with van der Waals surface area (Å²) in [6, 6.07) is 3.68. The lowest BCUT2D eigenvalue weighted by Gasteiger charge is -2.23. The first-order valence-electron chi connectivity index (χ1n) is 6.80. The van der Waals surface area contributed by atoms with Crippen molar-refractivity contribution in [2.24, 2.45) is 11.3 Å². The number of carbonyl (C=O) groups is 1. The first-order valence-corrected chi connectivity index (χ1v) is 7.59. The molecule has 0 aromatic heterocycles. The monoisotopic (exact) mass is 364 g/mol. The lowest BCUT2D eigenvalue weighted by molar-refractivity contribution is -0.138. The molecule has 0 aliphatic rings. The number of hydrogen-bond donors (Lipinski definition) is 0. The number of benzene rings is 1. The largest absolute Gasteiger partial charge is 0.417 e. The number of alkyl halides is 3. The molecule has 0 radical (unpaired) electrons. The van der Waals surface area contributed by atoms with Crippen LogP contribution in [0.5, 0.6) is 0 Å². The molecule has 21 heavy (non-hydrogen) atoms. The topological polar surface area (TPSA) is 17.1 Å². The lowest BCUT2D eigenvalue weighted by atomic mass is 9.82. The van der Waals surface area contributed by atoms with Crippen LogP contribution in [0.15, 0.2) is 22.7 Å². The predicted molar refractivity (Wildman–Crippen MR) is 81.3 cm³/mol. The number of halogens is 4. The molecule has 0 saturated heterocycles. The van der Waals surface area contributed by atoms with Gasteiger partial charge >= 0.3 is 6.18 Å². The predicted octanol–water partition coefficient (Wildman–Crippen LogP) is 6.11. The summed E-state index contributed by atoms with van der Waals surface area (Å²) in [5, 5.41) is 0. The Balaban J connectivity index is 2.98. The van der Waals surface area contributed by atoms with Crippen molar-refractivity contribution in [1.82, 2.24) is 0 Å². The van der Waals surface area contributed by atoms with Crippen molar-refractivity contribution in [1.29, 1.82) is 0 Å². The molecule has 0 aliphatic carbocycles. The van der Waals surface area contributed by atoms with Crippen molar-refractivity contribution in [2.45, 2.75) is 46.7 Å². The molecule has 5 heteroatoms. The summed E-state index contributed by atoms with van der Waals surface area (Å²) in [5.74, 6) is -0.409. The maximum absolute atomic E-state index is 13.0. The Morgan fingerprint density at radius 3 is 2.29 bits per heavy atom. The van der Waals surface area contributed by atoms with Crippen LogP contribution in [0.25, 0.3) is 0 Å². The van der Waals surface area contributed by atoms with Gasteiger partial charge in [0.25, 0.3) is 0 Å². The molecule has 0 N–H and O–H groups in total. The zero-order valence-electron chi connectivity index (χ0n) is 12.6. The average Bonchev–Trinajstić information content (AvgIpc) is 2.24. The smallest absolute Gasteiger partial charge is 0.294 e. The average molecular weight is 365 g/mol. The first-order chi connectivity index (χ1) is 9.40. The Morgan fingerprint density at radius 1 is 1.24 bits per heavy atom. The van der Waals surface area contributed by atoms with Gasteiger partial charge in [0.1, 0.15) is 0 Å². The summed E-state index contributed by atoms with van der Waals surface area (Å²) < 4.78 is 39.4. The molecule has 0 spiro atoms. The molecule has 118 valence electrons. The Labute approximate surface area is 132 Å². The maximum Gasteiger partial charge on any atom is 0.417 e.